The highest BCUT2D eigenvalue weighted by Gasteiger charge is 2.11. The van der Waals surface area contributed by atoms with Crippen LogP contribution in [0.2, 0.25) is 0 Å². The Balaban J connectivity index is 2.62. The smallest absolute Gasteiger partial charge is 0.306 e. The number of hydrogen-bond donors (Lipinski definition) is 0. The van der Waals surface area contributed by atoms with Crippen LogP contribution in [0.25, 0.3) is 11.0 Å². The molecule has 0 aliphatic carbocycles. The van der Waals surface area contributed by atoms with E-state index in [-0.39, 0.29) is 5.75 Å². The lowest BCUT2D eigenvalue weighted by Gasteiger charge is -2.06. The standard InChI is InChI=1S/C10H10N2O4S/c1-15-9-6-11-7-4-3-5-8(10(7)12-9)16-17(2,13)14/h3-6H,1-2H3. The monoisotopic (exact) mass is 254 g/mol. The van der Waals surface area contributed by atoms with Crippen molar-refractivity contribution in [3.8, 4) is 11.6 Å². The third kappa shape index (κ3) is 2.62. The second kappa shape index (κ2) is 4.17. The molecule has 0 aliphatic heterocycles. The lowest BCUT2D eigenvalue weighted by Crippen LogP contribution is -2.06. The van der Waals surface area contributed by atoms with Crippen molar-refractivity contribution in [3.05, 3.63) is 24.4 Å². The minimum Gasteiger partial charge on any atom is -0.480 e. The number of hydrogen-bond acceptors (Lipinski definition) is 6. The quantitative estimate of drug-likeness (QED) is 0.760. The molecule has 1 aromatic heterocycles. The van der Waals surface area contributed by atoms with E-state index in [2.05, 4.69) is 9.97 Å². The fourth-order valence-electron chi connectivity index (χ4n) is 1.32. The van der Waals surface area contributed by atoms with Gasteiger partial charge in [0, 0.05) is 0 Å². The molecule has 1 aromatic carbocycles. The van der Waals surface area contributed by atoms with Crippen molar-refractivity contribution in [2.24, 2.45) is 0 Å². The van der Waals surface area contributed by atoms with E-state index in [9.17, 15) is 8.42 Å². The largest absolute Gasteiger partial charge is 0.480 e. The molecule has 0 N–H and O–H groups in total. The van der Waals surface area contributed by atoms with E-state index >= 15 is 0 Å². The Kier molecular flexibility index (Phi) is 2.84. The number of methoxy groups -OCH3 is 1. The first-order chi connectivity index (χ1) is 7.99. The third-order valence-corrected chi connectivity index (χ3v) is 2.45. The van der Waals surface area contributed by atoms with Gasteiger partial charge in [0.2, 0.25) is 5.88 Å². The van der Waals surface area contributed by atoms with Crippen molar-refractivity contribution in [1.82, 2.24) is 9.97 Å². The lowest BCUT2D eigenvalue weighted by molar-refractivity contribution is 0.397. The lowest BCUT2D eigenvalue weighted by atomic mass is 10.3. The molecule has 0 unspecified atom stereocenters. The van der Waals surface area contributed by atoms with E-state index in [0.29, 0.717) is 16.9 Å². The molecule has 6 nitrogen and oxygen atoms in total. The van der Waals surface area contributed by atoms with Gasteiger partial charge >= 0.3 is 10.1 Å². The molecule has 2 rings (SSSR count). The molecule has 0 aliphatic rings. The first-order valence-corrected chi connectivity index (χ1v) is 6.50. The molecule has 0 bridgehead atoms. The number of fused-ring (bicyclic) bond motifs is 1. The summed E-state index contributed by atoms with van der Waals surface area (Å²) in [4.78, 5) is 8.18. The van der Waals surface area contributed by atoms with Gasteiger partial charge in [-0.15, -0.1) is 0 Å². The van der Waals surface area contributed by atoms with Crippen LogP contribution in [0.1, 0.15) is 0 Å². The van der Waals surface area contributed by atoms with Gasteiger partial charge < -0.3 is 8.92 Å². The molecule has 2 aromatic rings. The summed E-state index contributed by atoms with van der Waals surface area (Å²) in [6.45, 7) is 0. The van der Waals surface area contributed by atoms with E-state index < -0.39 is 10.1 Å². The molecule has 1 heterocycles. The zero-order valence-electron chi connectivity index (χ0n) is 9.25. The normalized spacial score (nSPS) is 11.4. The van der Waals surface area contributed by atoms with Crippen LogP contribution in [0.4, 0.5) is 0 Å². The number of nitrogens with zero attached hydrogens (tertiary/aromatic N) is 2. The van der Waals surface area contributed by atoms with Crippen LogP contribution >= 0.6 is 0 Å². The summed E-state index contributed by atoms with van der Waals surface area (Å²) in [5.74, 6) is 0.429. The van der Waals surface area contributed by atoms with Crippen LogP contribution in [0.5, 0.6) is 11.6 Å². The molecule has 0 saturated carbocycles. The number of para-hydroxylation sites is 1. The second-order valence-electron chi connectivity index (χ2n) is 3.32. The van der Waals surface area contributed by atoms with E-state index in [0.717, 1.165) is 6.26 Å². The maximum Gasteiger partial charge on any atom is 0.306 e. The van der Waals surface area contributed by atoms with E-state index in [1.165, 1.54) is 19.4 Å². The van der Waals surface area contributed by atoms with E-state index in [1.807, 2.05) is 0 Å². The zero-order chi connectivity index (χ0) is 12.5. The van der Waals surface area contributed by atoms with Crippen molar-refractivity contribution in [2.75, 3.05) is 13.4 Å². The molecule has 0 spiro atoms. The maximum atomic E-state index is 11.1. The maximum absolute atomic E-state index is 11.1. The van der Waals surface area contributed by atoms with Crippen LogP contribution in [0.3, 0.4) is 0 Å². The van der Waals surface area contributed by atoms with Crippen LogP contribution in [-0.4, -0.2) is 31.8 Å². The summed E-state index contributed by atoms with van der Waals surface area (Å²) in [6, 6.07) is 4.86. The molecule has 0 saturated heterocycles. The first-order valence-electron chi connectivity index (χ1n) is 4.69. The van der Waals surface area contributed by atoms with Crippen LogP contribution in [0.15, 0.2) is 24.4 Å². The van der Waals surface area contributed by atoms with Gasteiger partial charge in [-0.2, -0.15) is 8.42 Å². The predicted octanol–water partition coefficient (Wildman–Crippen LogP) is 0.977. The van der Waals surface area contributed by atoms with Gasteiger partial charge in [0.25, 0.3) is 0 Å². The molecule has 0 amide bonds. The molecule has 0 fully saturated rings. The van der Waals surface area contributed by atoms with Gasteiger partial charge in [0.1, 0.15) is 5.52 Å². The Morgan fingerprint density at radius 1 is 1.29 bits per heavy atom. The summed E-state index contributed by atoms with van der Waals surface area (Å²) in [6.07, 6.45) is 2.42. The summed E-state index contributed by atoms with van der Waals surface area (Å²) >= 11 is 0. The van der Waals surface area contributed by atoms with E-state index in [1.54, 1.807) is 12.1 Å². The first kappa shape index (κ1) is 11.6. The van der Waals surface area contributed by atoms with Crippen molar-refractivity contribution in [3.63, 3.8) is 0 Å². The minimum absolute atomic E-state index is 0.136. The van der Waals surface area contributed by atoms with Gasteiger partial charge in [-0.25, -0.2) is 9.97 Å². The summed E-state index contributed by atoms with van der Waals surface area (Å²) in [5, 5.41) is 0. The molecule has 17 heavy (non-hydrogen) atoms. The average Bonchev–Trinajstić information content (AvgIpc) is 2.27. The molecule has 0 radical (unpaired) electrons. The van der Waals surface area contributed by atoms with Gasteiger partial charge in [-0.3, -0.25) is 0 Å². The van der Waals surface area contributed by atoms with Crippen LogP contribution in [0, 0.1) is 0 Å². The number of rotatable bonds is 3. The molecule has 0 atom stereocenters. The van der Waals surface area contributed by atoms with Crippen LogP contribution in [-0.2, 0) is 10.1 Å². The summed E-state index contributed by atoms with van der Waals surface area (Å²) in [7, 11) is -2.14. The molecular formula is C10H10N2O4S. The fourth-order valence-corrected chi connectivity index (χ4v) is 1.78. The number of ether oxygens (including phenoxy) is 1. The molecular weight excluding hydrogens is 244 g/mol. The molecule has 90 valence electrons. The van der Waals surface area contributed by atoms with Crippen molar-refractivity contribution < 1.29 is 17.3 Å². The van der Waals surface area contributed by atoms with Crippen molar-refractivity contribution in [2.45, 2.75) is 0 Å². The number of aromatic nitrogens is 2. The Hall–Kier alpha value is -1.89. The zero-order valence-corrected chi connectivity index (χ0v) is 10.1. The highest BCUT2D eigenvalue weighted by atomic mass is 32.2. The van der Waals surface area contributed by atoms with Gasteiger partial charge in [0.05, 0.1) is 25.1 Å². The van der Waals surface area contributed by atoms with E-state index in [4.69, 9.17) is 8.92 Å². The van der Waals surface area contributed by atoms with Crippen molar-refractivity contribution >= 4 is 21.2 Å². The predicted molar refractivity (Wildman–Crippen MR) is 61.6 cm³/mol. The Morgan fingerprint density at radius 3 is 2.71 bits per heavy atom. The van der Waals surface area contributed by atoms with Crippen LogP contribution < -0.4 is 8.92 Å². The average molecular weight is 254 g/mol. The summed E-state index contributed by atoms with van der Waals surface area (Å²) < 4.78 is 32.0. The Labute approximate surface area is 98.3 Å². The fraction of sp³-hybridized carbons (Fsp3) is 0.200. The molecule has 7 heteroatoms. The van der Waals surface area contributed by atoms with Gasteiger partial charge in [-0.05, 0) is 12.1 Å². The Morgan fingerprint density at radius 2 is 2.06 bits per heavy atom. The second-order valence-corrected chi connectivity index (χ2v) is 4.90. The summed E-state index contributed by atoms with van der Waals surface area (Å²) in [5.41, 5.74) is 0.879. The van der Waals surface area contributed by atoms with Gasteiger partial charge in [0.15, 0.2) is 5.75 Å². The topological polar surface area (TPSA) is 78.4 Å². The SMILES string of the molecule is COc1cnc2cccc(OS(C)(=O)=O)c2n1. The highest BCUT2D eigenvalue weighted by Crippen LogP contribution is 2.24. The van der Waals surface area contributed by atoms with Gasteiger partial charge in [-0.1, -0.05) is 6.07 Å². The Bertz CT molecular complexity index is 654. The highest BCUT2D eigenvalue weighted by molar-refractivity contribution is 7.86. The van der Waals surface area contributed by atoms with Crippen molar-refractivity contribution in [1.29, 1.82) is 0 Å². The third-order valence-electron chi connectivity index (χ3n) is 1.96. The number of benzene rings is 1. The minimum atomic E-state index is -3.60.